The fourth-order valence-corrected chi connectivity index (χ4v) is 1.37. The predicted molar refractivity (Wildman–Crippen MR) is 31.0 cm³/mol. The average molecular weight is 149 g/mol. The lowest BCUT2D eigenvalue weighted by molar-refractivity contribution is 0.0457. The van der Waals surface area contributed by atoms with Crippen LogP contribution in [-0.4, -0.2) is 31.7 Å². The molecule has 0 aromatic rings. The van der Waals surface area contributed by atoms with Crippen molar-refractivity contribution in [3.63, 3.8) is 0 Å². The maximum atomic E-state index is 12.5. The highest BCUT2D eigenvalue weighted by Gasteiger charge is 2.68. The molecule has 0 aromatic heterocycles. The first-order valence-electron chi connectivity index (χ1n) is 3.42. The smallest absolute Gasteiger partial charge is 0.270 e. The van der Waals surface area contributed by atoms with Crippen LogP contribution in [0.25, 0.3) is 0 Å². The van der Waals surface area contributed by atoms with Crippen LogP contribution in [0.4, 0.5) is 8.78 Å². The van der Waals surface area contributed by atoms with E-state index in [0.29, 0.717) is 13.2 Å². The maximum absolute atomic E-state index is 12.5. The van der Waals surface area contributed by atoms with Crippen LogP contribution in [-0.2, 0) is 4.74 Å². The Labute approximate surface area is 57.5 Å². The van der Waals surface area contributed by atoms with Gasteiger partial charge in [-0.25, -0.2) is 8.78 Å². The SMILES string of the molecule is FC1(F)C2COCCNC21. The second-order valence-electron chi connectivity index (χ2n) is 2.79. The van der Waals surface area contributed by atoms with Crippen molar-refractivity contribution in [2.24, 2.45) is 5.92 Å². The average Bonchev–Trinajstić information content (AvgIpc) is 2.47. The van der Waals surface area contributed by atoms with Crippen molar-refractivity contribution in [1.82, 2.24) is 5.32 Å². The summed E-state index contributed by atoms with van der Waals surface area (Å²) in [6.45, 7) is 1.32. The zero-order valence-corrected chi connectivity index (χ0v) is 5.44. The molecule has 0 spiro atoms. The van der Waals surface area contributed by atoms with E-state index in [0.717, 1.165) is 0 Å². The minimum atomic E-state index is -2.50. The van der Waals surface area contributed by atoms with Crippen molar-refractivity contribution in [3.05, 3.63) is 0 Å². The molecular formula is C6H9F2NO. The molecule has 0 aromatic carbocycles. The van der Waals surface area contributed by atoms with Gasteiger partial charge < -0.3 is 10.1 Å². The van der Waals surface area contributed by atoms with Crippen LogP contribution in [0.15, 0.2) is 0 Å². The lowest BCUT2D eigenvalue weighted by Gasteiger charge is -2.02. The number of rotatable bonds is 0. The third kappa shape index (κ3) is 0.754. The minimum Gasteiger partial charge on any atom is -0.380 e. The van der Waals surface area contributed by atoms with Crippen LogP contribution in [0.2, 0.25) is 0 Å². The molecule has 1 aliphatic carbocycles. The highest BCUT2D eigenvalue weighted by molar-refractivity contribution is 5.11. The predicted octanol–water partition coefficient (Wildman–Crippen LogP) is 0.240. The zero-order chi connectivity index (χ0) is 7.19. The molecule has 2 unspecified atom stereocenters. The van der Waals surface area contributed by atoms with Gasteiger partial charge in [0.25, 0.3) is 5.92 Å². The number of nitrogens with one attached hydrogen (secondary N) is 1. The van der Waals surface area contributed by atoms with Crippen LogP contribution < -0.4 is 5.32 Å². The van der Waals surface area contributed by atoms with Gasteiger partial charge >= 0.3 is 0 Å². The highest BCUT2D eigenvalue weighted by atomic mass is 19.3. The number of fused-ring (bicyclic) bond motifs is 1. The fourth-order valence-electron chi connectivity index (χ4n) is 1.37. The van der Waals surface area contributed by atoms with Crippen molar-refractivity contribution in [2.75, 3.05) is 19.8 Å². The Bertz CT molecular complexity index is 137. The summed E-state index contributed by atoms with van der Waals surface area (Å²) in [4.78, 5) is 0. The molecule has 2 aliphatic rings. The van der Waals surface area contributed by atoms with Crippen LogP contribution in [0.3, 0.4) is 0 Å². The van der Waals surface area contributed by atoms with E-state index in [9.17, 15) is 8.78 Å². The van der Waals surface area contributed by atoms with Gasteiger partial charge in [0.15, 0.2) is 0 Å². The van der Waals surface area contributed by atoms with Gasteiger partial charge in [-0.1, -0.05) is 0 Å². The summed E-state index contributed by atoms with van der Waals surface area (Å²) in [5.74, 6) is -3.06. The summed E-state index contributed by atoms with van der Waals surface area (Å²) >= 11 is 0. The van der Waals surface area contributed by atoms with E-state index in [-0.39, 0.29) is 6.61 Å². The molecule has 1 saturated heterocycles. The Kier molecular flexibility index (Phi) is 1.22. The summed E-state index contributed by atoms with van der Waals surface area (Å²) in [7, 11) is 0. The molecule has 2 atom stereocenters. The largest absolute Gasteiger partial charge is 0.380 e. The summed E-state index contributed by atoms with van der Waals surface area (Å²) < 4.78 is 30.0. The van der Waals surface area contributed by atoms with Crippen LogP contribution >= 0.6 is 0 Å². The zero-order valence-electron chi connectivity index (χ0n) is 5.44. The molecule has 0 amide bonds. The van der Waals surface area contributed by atoms with Gasteiger partial charge in [0.1, 0.15) is 0 Å². The molecular weight excluding hydrogens is 140 g/mol. The summed E-state index contributed by atoms with van der Waals surface area (Å²) in [6.07, 6.45) is 0. The molecule has 58 valence electrons. The molecule has 2 fully saturated rings. The van der Waals surface area contributed by atoms with Crippen molar-refractivity contribution in [3.8, 4) is 0 Å². The number of halogens is 2. The highest BCUT2D eigenvalue weighted by Crippen LogP contribution is 2.49. The maximum Gasteiger partial charge on any atom is 0.270 e. The van der Waals surface area contributed by atoms with Gasteiger partial charge in [-0.15, -0.1) is 0 Å². The molecule has 1 saturated carbocycles. The first-order valence-corrected chi connectivity index (χ1v) is 3.42. The third-order valence-electron chi connectivity index (χ3n) is 2.11. The van der Waals surface area contributed by atoms with Gasteiger partial charge in [-0.2, -0.15) is 0 Å². The quantitative estimate of drug-likeness (QED) is 0.532. The van der Waals surface area contributed by atoms with Gasteiger partial charge in [0.05, 0.1) is 25.2 Å². The van der Waals surface area contributed by atoms with E-state index >= 15 is 0 Å². The Balaban J connectivity index is 2.01. The molecule has 1 aliphatic heterocycles. The van der Waals surface area contributed by atoms with E-state index in [4.69, 9.17) is 4.74 Å². The van der Waals surface area contributed by atoms with Crippen molar-refractivity contribution in [2.45, 2.75) is 12.0 Å². The molecule has 0 bridgehead atoms. The van der Waals surface area contributed by atoms with E-state index in [1.165, 1.54) is 0 Å². The van der Waals surface area contributed by atoms with Gasteiger partial charge in [0.2, 0.25) is 0 Å². The molecule has 0 radical (unpaired) electrons. The Morgan fingerprint density at radius 2 is 2.30 bits per heavy atom. The normalized spacial score (nSPS) is 43.8. The molecule has 1 heterocycles. The summed E-state index contributed by atoms with van der Waals surface area (Å²) in [5, 5.41) is 2.73. The van der Waals surface area contributed by atoms with Crippen molar-refractivity contribution < 1.29 is 13.5 Å². The molecule has 2 rings (SSSR count). The fraction of sp³-hybridized carbons (Fsp3) is 1.00. The van der Waals surface area contributed by atoms with E-state index in [1.807, 2.05) is 0 Å². The number of hydrogen-bond acceptors (Lipinski definition) is 2. The van der Waals surface area contributed by atoms with E-state index in [1.54, 1.807) is 0 Å². The second kappa shape index (κ2) is 1.89. The van der Waals surface area contributed by atoms with Gasteiger partial charge in [-0.3, -0.25) is 0 Å². The minimum absolute atomic E-state index is 0.213. The van der Waals surface area contributed by atoms with Gasteiger partial charge in [-0.05, 0) is 0 Å². The third-order valence-corrected chi connectivity index (χ3v) is 2.11. The lowest BCUT2D eigenvalue weighted by Crippen LogP contribution is -2.24. The van der Waals surface area contributed by atoms with E-state index in [2.05, 4.69) is 5.32 Å². The number of hydrogen-bond donors (Lipinski definition) is 1. The second-order valence-corrected chi connectivity index (χ2v) is 2.79. The summed E-state index contributed by atoms with van der Waals surface area (Å²) in [5.41, 5.74) is 0. The molecule has 4 heteroatoms. The lowest BCUT2D eigenvalue weighted by atomic mass is 10.4. The number of alkyl halides is 2. The first kappa shape index (κ1) is 6.49. The Hall–Kier alpha value is -0.220. The topological polar surface area (TPSA) is 21.3 Å². The summed E-state index contributed by atoms with van der Waals surface area (Å²) in [6, 6.07) is -0.602. The Morgan fingerprint density at radius 1 is 1.50 bits per heavy atom. The number of ether oxygens (including phenoxy) is 1. The molecule has 10 heavy (non-hydrogen) atoms. The first-order chi connectivity index (χ1) is 4.73. The van der Waals surface area contributed by atoms with Crippen molar-refractivity contribution >= 4 is 0 Å². The standard InChI is InChI=1S/C6H9F2NO/c7-6(8)4-3-10-2-1-9-5(4)6/h4-5,9H,1-3H2. The van der Waals surface area contributed by atoms with Crippen LogP contribution in [0.1, 0.15) is 0 Å². The molecule has 2 nitrogen and oxygen atoms in total. The van der Waals surface area contributed by atoms with Crippen molar-refractivity contribution in [1.29, 1.82) is 0 Å². The van der Waals surface area contributed by atoms with Gasteiger partial charge in [0, 0.05) is 6.54 Å². The van der Waals surface area contributed by atoms with Crippen LogP contribution in [0.5, 0.6) is 0 Å². The van der Waals surface area contributed by atoms with E-state index < -0.39 is 17.9 Å². The molecule has 1 N–H and O–H groups in total. The van der Waals surface area contributed by atoms with Crippen LogP contribution in [0, 0.1) is 5.92 Å². The monoisotopic (exact) mass is 149 g/mol. The Morgan fingerprint density at radius 3 is 3.10 bits per heavy atom.